The minimum atomic E-state index is -5.89. The number of hydrogen-bond acceptors (Lipinski definition) is 3. The molecule has 0 fully saturated rings. The van der Waals surface area contributed by atoms with Gasteiger partial charge in [0.05, 0.1) is 6.26 Å². The monoisotopic (exact) mass is 226 g/mol. The lowest BCUT2D eigenvalue weighted by atomic mass is 10.6. The Morgan fingerprint density at radius 1 is 1.23 bits per heavy atom. The molecule has 78 valence electrons. The summed E-state index contributed by atoms with van der Waals surface area (Å²) in [6.07, 6.45) is -10.8. The van der Waals surface area contributed by atoms with E-state index >= 15 is 0 Å². The molecule has 13 heavy (non-hydrogen) atoms. The van der Waals surface area contributed by atoms with Crippen LogP contribution >= 0.6 is 8.60 Å². The summed E-state index contributed by atoms with van der Waals surface area (Å²) in [5, 5.41) is 0. The third-order valence-corrected chi connectivity index (χ3v) is 1.40. The molecule has 1 N–H and O–H groups in total. The van der Waals surface area contributed by atoms with Gasteiger partial charge >= 0.3 is 20.9 Å². The highest BCUT2D eigenvalue weighted by Crippen LogP contribution is 2.47. The molecular weight excluding hydrogens is 222 g/mol. The maximum atomic E-state index is 11.9. The molecule has 0 aliphatic rings. The van der Waals surface area contributed by atoms with Gasteiger partial charge in [0.2, 0.25) is 0 Å². The van der Waals surface area contributed by atoms with Crippen LogP contribution in [0.15, 0.2) is 12.8 Å². The average Bonchev–Trinajstić information content (AvgIpc) is 1.83. The van der Waals surface area contributed by atoms with Crippen molar-refractivity contribution in [1.82, 2.24) is 0 Å². The summed E-state index contributed by atoms with van der Waals surface area (Å²) >= 11 is 0. The third-order valence-electron chi connectivity index (χ3n) is 0.687. The van der Waals surface area contributed by atoms with Gasteiger partial charge in [-0.1, -0.05) is 6.58 Å². The standard InChI is InChI=1S/C4H4F5O3P/c1-2-11-13(10)12-4(8,9)3(5,6)7/h2,10H,1H2. The van der Waals surface area contributed by atoms with Gasteiger partial charge in [0.1, 0.15) is 0 Å². The molecule has 0 aliphatic heterocycles. The molecule has 0 aromatic heterocycles. The smallest absolute Gasteiger partial charge is 0.435 e. The van der Waals surface area contributed by atoms with Crippen molar-refractivity contribution >= 4 is 8.60 Å². The molecule has 0 heterocycles. The summed E-state index contributed by atoms with van der Waals surface area (Å²) in [6, 6.07) is 0. The molecule has 0 aromatic carbocycles. The second-order valence-corrected chi connectivity index (χ2v) is 2.48. The van der Waals surface area contributed by atoms with Crippen molar-refractivity contribution in [2.45, 2.75) is 12.3 Å². The molecule has 0 saturated carbocycles. The predicted octanol–water partition coefficient (Wildman–Crippen LogP) is 2.54. The van der Waals surface area contributed by atoms with E-state index in [-0.39, 0.29) is 0 Å². The average molecular weight is 226 g/mol. The predicted molar refractivity (Wildman–Crippen MR) is 32.5 cm³/mol. The summed E-state index contributed by atoms with van der Waals surface area (Å²) < 4.78 is 64.6. The van der Waals surface area contributed by atoms with Gasteiger partial charge in [-0.3, -0.25) is 0 Å². The normalized spacial score (nSPS) is 15.2. The van der Waals surface area contributed by atoms with Gasteiger partial charge in [-0.05, 0) is 0 Å². The van der Waals surface area contributed by atoms with Crippen molar-refractivity contribution in [2.24, 2.45) is 0 Å². The van der Waals surface area contributed by atoms with Gasteiger partial charge in [-0.25, -0.2) is 4.52 Å². The van der Waals surface area contributed by atoms with Crippen molar-refractivity contribution < 1.29 is 35.9 Å². The fraction of sp³-hybridized carbons (Fsp3) is 0.500. The molecular formula is C4H4F5O3P. The van der Waals surface area contributed by atoms with Crippen LogP contribution < -0.4 is 0 Å². The van der Waals surface area contributed by atoms with Gasteiger partial charge in [-0.2, -0.15) is 22.0 Å². The molecule has 0 spiro atoms. The first-order chi connectivity index (χ1) is 5.70. The van der Waals surface area contributed by atoms with Crippen LogP contribution in [0.25, 0.3) is 0 Å². The number of rotatable bonds is 4. The lowest BCUT2D eigenvalue weighted by molar-refractivity contribution is -0.362. The molecule has 1 unspecified atom stereocenters. The van der Waals surface area contributed by atoms with Crippen molar-refractivity contribution in [3.63, 3.8) is 0 Å². The number of halogens is 5. The Morgan fingerprint density at radius 2 is 1.69 bits per heavy atom. The van der Waals surface area contributed by atoms with Gasteiger partial charge < -0.3 is 9.42 Å². The summed E-state index contributed by atoms with van der Waals surface area (Å²) in [6.45, 7) is 2.82. The van der Waals surface area contributed by atoms with E-state index in [1.807, 2.05) is 0 Å². The first kappa shape index (κ1) is 12.5. The minimum Gasteiger partial charge on any atom is -0.435 e. The fourth-order valence-corrected chi connectivity index (χ4v) is 0.705. The zero-order valence-electron chi connectivity index (χ0n) is 5.89. The summed E-state index contributed by atoms with van der Waals surface area (Å²) in [7, 11) is -3.32. The molecule has 0 amide bonds. The second-order valence-electron chi connectivity index (χ2n) is 1.62. The van der Waals surface area contributed by atoms with Crippen LogP contribution in [0, 0.1) is 0 Å². The van der Waals surface area contributed by atoms with Gasteiger partial charge in [0, 0.05) is 0 Å². The first-order valence-corrected chi connectivity index (χ1v) is 3.74. The SMILES string of the molecule is C=COP(O)OC(F)(F)C(F)(F)F. The Labute approximate surface area is 70.8 Å². The van der Waals surface area contributed by atoms with E-state index in [9.17, 15) is 22.0 Å². The Hall–Kier alpha value is -0.460. The van der Waals surface area contributed by atoms with E-state index in [1.165, 1.54) is 0 Å². The van der Waals surface area contributed by atoms with Gasteiger partial charge in [0.25, 0.3) is 0 Å². The van der Waals surface area contributed by atoms with Gasteiger partial charge in [-0.15, -0.1) is 0 Å². The second kappa shape index (κ2) is 4.17. The first-order valence-electron chi connectivity index (χ1n) is 2.61. The van der Waals surface area contributed by atoms with Crippen molar-refractivity contribution in [1.29, 1.82) is 0 Å². The highest BCUT2D eigenvalue weighted by molar-refractivity contribution is 7.40. The molecule has 0 radical (unpaired) electrons. The lowest BCUT2D eigenvalue weighted by Crippen LogP contribution is -2.37. The van der Waals surface area contributed by atoms with Crippen LogP contribution in [0.4, 0.5) is 22.0 Å². The van der Waals surface area contributed by atoms with Crippen LogP contribution in [0.3, 0.4) is 0 Å². The fourth-order valence-electron chi connectivity index (χ4n) is 0.235. The van der Waals surface area contributed by atoms with E-state index in [0.29, 0.717) is 6.26 Å². The number of alkyl halides is 5. The molecule has 3 nitrogen and oxygen atoms in total. The van der Waals surface area contributed by atoms with Crippen molar-refractivity contribution in [3.8, 4) is 0 Å². The molecule has 0 aromatic rings. The van der Waals surface area contributed by atoms with Crippen LogP contribution in [-0.4, -0.2) is 17.2 Å². The summed E-state index contributed by atoms with van der Waals surface area (Å²) in [5.74, 6) is 0. The summed E-state index contributed by atoms with van der Waals surface area (Å²) in [4.78, 5) is 8.32. The highest BCUT2D eigenvalue weighted by atomic mass is 31.2. The Kier molecular flexibility index (Phi) is 4.02. The Balaban J connectivity index is 4.24. The number of hydrogen-bond donors (Lipinski definition) is 1. The van der Waals surface area contributed by atoms with Crippen LogP contribution in [0.2, 0.25) is 0 Å². The van der Waals surface area contributed by atoms with Crippen LogP contribution in [0.1, 0.15) is 0 Å². The largest absolute Gasteiger partial charge is 0.483 e. The molecule has 0 aliphatic carbocycles. The zero-order chi connectivity index (χ0) is 10.7. The maximum Gasteiger partial charge on any atom is 0.483 e. The van der Waals surface area contributed by atoms with E-state index in [1.54, 1.807) is 0 Å². The van der Waals surface area contributed by atoms with Crippen LogP contribution in [-0.2, 0) is 9.05 Å². The van der Waals surface area contributed by atoms with E-state index < -0.39 is 20.9 Å². The molecule has 0 bridgehead atoms. The topological polar surface area (TPSA) is 38.7 Å². The summed E-state index contributed by atoms with van der Waals surface area (Å²) in [5.41, 5.74) is 0. The quantitative estimate of drug-likeness (QED) is 0.454. The van der Waals surface area contributed by atoms with E-state index in [0.717, 1.165) is 0 Å². The Bertz CT molecular complexity index is 181. The zero-order valence-corrected chi connectivity index (χ0v) is 6.78. The molecule has 1 atom stereocenters. The highest BCUT2D eigenvalue weighted by Gasteiger charge is 2.61. The van der Waals surface area contributed by atoms with E-state index in [2.05, 4.69) is 15.6 Å². The van der Waals surface area contributed by atoms with Crippen LogP contribution in [0.5, 0.6) is 0 Å². The van der Waals surface area contributed by atoms with Crippen molar-refractivity contribution in [2.75, 3.05) is 0 Å². The molecule has 9 heteroatoms. The third kappa shape index (κ3) is 3.84. The van der Waals surface area contributed by atoms with E-state index in [4.69, 9.17) is 4.89 Å². The maximum absolute atomic E-state index is 11.9. The molecule has 0 rings (SSSR count). The van der Waals surface area contributed by atoms with Crippen molar-refractivity contribution in [3.05, 3.63) is 12.8 Å². The Morgan fingerprint density at radius 3 is 2.00 bits per heavy atom. The van der Waals surface area contributed by atoms with Gasteiger partial charge in [0.15, 0.2) is 0 Å². The lowest BCUT2D eigenvalue weighted by Gasteiger charge is -2.20. The molecule has 0 saturated heterocycles. The minimum absolute atomic E-state index is 0.484.